The molecule has 0 aromatic heterocycles. The number of nitrogens with one attached hydrogen (secondary N) is 2. The van der Waals surface area contributed by atoms with Crippen LogP contribution >= 0.6 is 12.4 Å². The summed E-state index contributed by atoms with van der Waals surface area (Å²) >= 11 is 0. The molecule has 0 saturated carbocycles. The fourth-order valence-electron chi connectivity index (χ4n) is 2.69. The number of carbonyl (C=O) groups is 1. The Labute approximate surface area is 145 Å². The van der Waals surface area contributed by atoms with Gasteiger partial charge in [0.2, 0.25) is 5.91 Å². The number of halogens is 1. The first kappa shape index (κ1) is 19.8. The van der Waals surface area contributed by atoms with Crippen LogP contribution in [0.3, 0.4) is 0 Å². The Morgan fingerprint density at radius 2 is 2.22 bits per heavy atom. The number of hydrogen-bond donors (Lipinski definition) is 2. The summed E-state index contributed by atoms with van der Waals surface area (Å²) in [6.45, 7) is 8.11. The normalized spacial score (nSPS) is 20.7. The summed E-state index contributed by atoms with van der Waals surface area (Å²) in [6, 6.07) is 8.09. The molecule has 4 nitrogen and oxygen atoms in total. The fraction of sp³-hybridized carbons (Fsp3) is 0.611. The number of anilines is 1. The van der Waals surface area contributed by atoms with Gasteiger partial charge >= 0.3 is 0 Å². The van der Waals surface area contributed by atoms with Gasteiger partial charge in [-0.05, 0) is 50.8 Å². The van der Waals surface area contributed by atoms with Gasteiger partial charge in [0.15, 0.2) is 0 Å². The van der Waals surface area contributed by atoms with E-state index in [-0.39, 0.29) is 24.2 Å². The molecule has 130 valence electrons. The number of benzene rings is 1. The number of amides is 1. The maximum Gasteiger partial charge on any atom is 0.227 e. The zero-order valence-corrected chi connectivity index (χ0v) is 15.1. The monoisotopic (exact) mass is 340 g/mol. The number of hydrogen-bond acceptors (Lipinski definition) is 3. The Balaban J connectivity index is 0.00000264. The van der Waals surface area contributed by atoms with Crippen molar-refractivity contribution in [3.63, 3.8) is 0 Å². The summed E-state index contributed by atoms with van der Waals surface area (Å²) in [4.78, 5) is 12.3. The van der Waals surface area contributed by atoms with Gasteiger partial charge in [-0.1, -0.05) is 19.9 Å². The van der Waals surface area contributed by atoms with Gasteiger partial charge in [-0.3, -0.25) is 4.79 Å². The van der Waals surface area contributed by atoms with E-state index in [9.17, 15) is 4.79 Å². The highest BCUT2D eigenvalue weighted by Crippen LogP contribution is 2.21. The molecule has 23 heavy (non-hydrogen) atoms. The van der Waals surface area contributed by atoms with Crippen molar-refractivity contribution in [1.29, 1.82) is 0 Å². The SMILES string of the molecule is CC(C)CCOc1cccc(NC(=O)[C@H]2CCN[C@@H](C)C2)c1.Cl. The number of carbonyl (C=O) groups excluding carboxylic acids is 1. The predicted octanol–water partition coefficient (Wildman–Crippen LogP) is 3.86. The van der Waals surface area contributed by atoms with Gasteiger partial charge in [0.05, 0.1) is 6.61 Å². The summed E-state index contributed by atoms with van der Waals surface area (Å²) in [5.41, 5.74) is 0.818. The first-order chi connectivity index (χ1) is 10.5. The lowest BCUT2D eigenvalue weighted by atomic mass is 9.92. The molecule has 2 N–H and O–H groups in total. The fourth-order valence-corrected chi connectivity index (χ4v) is 2.69. The summed E-state index contributed by atoms with van der Waals surface area (Å²) in [7, 11) is 0. The summed E-state index contributed by atoms with van der Waals surface area (Å²) < 4.78 is 5.74. The van der Waals surface area contributed by atoms with E-state index in [0.717, 1.165) is 37.2 Å². The minimum Gasteiger partial charge on any atom is -0.494 e. The van der Waals surface area contributed by atoms with Crippen molar-refractivity contribution in [2.24, 2.45) is 11.8 Å². The Kier molecular flexibility index (Phi) is 8.42. The third-order valence-electron chi connectivity index (χ3n) is 4.06. The Hall–Kier alpha value is -1.26. The second kappa shape index (κ2) is 9.78. The van der Waals surface area contributed by atoms with E-state index < -0.39 is 0 Å². The molecule has 0 bridgehead atoms. The van der Waals surface area contributed by atoms with Gasteiger partial charge in [-0.25, -0.2) is 0 Å². The molecule has 1 aromatic carbocycles. The number of rotatable bonds is 6. The van der Waals surface area contributed by atoms with Crippen LogP contribution in [0.5, 0.6) is 5.75 Å². The summed E-state index contributed by atoms with van der Waals surface area (Å²) in [5.74, 6) is 1.66. The predicted molar refractivity (Wildman–Crippen MR) is 97.5 cm³/mol. The second-order valence-corrected chi connectivity index (χ2v) is 6.62. The lowest BCUT2D eigenvalue weighted by molar-refractivity contribution is -0.120. The molecule has 1 aromatic rings. The molecule has 0 unspecified atom stereocenters. The van der Waals surface area contributed by atoms with Crippen LogP contribution in [0, 0.1) is 11.8 Å². The van der Waals surface area contributed by atoms with Crippen LogP contribution in [0.4, 0.5) is 5.69 Å². The lowest BCUT2D eigenvalue weighted by Gasteiger charge is -2.27. The first-order valence-corrected chi connectivity index (χ1v) is 8.31. The molecule has 1 heterocycles. The van der Waals surface area contributed by atoms with Crippen LogP contribution in [-0.2, 0) is 4.79 Å². The van der Waals surface area contributed by atoms with Crippen molar-refractivity contribution in [3.05, 3.63) is 24.3 Å². The zero-order chi connectivity index (χ0) is 15.9. The highest BCUT2D eigenvalue weighted by atomic mass is 35.5. The van der Waals surface area contributed by atoms with Crippen LogP contribution in [0.1, 0.15) is 40.0 Å². The summed E-state index contributed by atoms with van der Waals surface area (Å²) in [6.07, 6.45) is 2.83. The smallest absolute Gasteiger partial charge is 0.227 e. The average molecular weight is 341 g/mol. The van der Waals surface area contributed by atoms with Gasteiger partial charge in [0, 0.05) is 23.7 Å². The van der Waals surface area contributed by atoms with Crippen molar-refractivity contribution in [2.45, 2.75) is 46.1 Å². The average Bonchev–Trinajstić information content (AvgIpc) is 2.47. The summed E-state index contributed by atoms with van der Waals surface area (Å²) in [5, 5.41) is 6.40. The van der Waals surface area contributed by atoms with Crippen LogP contribution in [-0.4, -0.2) is 25.1 Å². The van der Waals surface area contributed by atoms with Crippen LogP contribution in [0.2, 0.25) is 0 Å². The van der Waals surface area contributed by atoms with Crippen molar-refractivity contribution in [1.82, 2.24) is 5.32 Å². The van der Waals surface area contributed by atoms with Crippen LogP contribution < -0.4 is 15.4 Å². The third-order valence-corrected chi connectivity index (χ3v) is 4.06. The zero-order valence-electron chi connectivity index (χ0n) is 14.3. The van der Waals surface area contributed by atoms with Crippen molar-refractivity contribution in [3.8, 4) is 5.75 Å². The van der Waals surface area contributed by atoms with E-state index in [4.69, 9.17) is 4.74 Å². The maximum absolute atomic E-state index is 12.3. The van der Waals surface area contributed by atoms with Crippen LogP contribution in [0.15, 0.2) is 24.3 Å². The third kappa shape index (κ3) is 6.80. The molecule has 1 aliphatic heterocycles. The first-order valence-electron chi connectivity index (χ1n) is 8.31. The minimum absolute atomic E-state index is 0. The quantitative estimate of drug-likeness (QED) is 0.826. The number of ether oxygens (including phenoxy) is 1. The Morgan fingerprint density at radius 3 is 2.91 bits per heavy atom. The molecular formula is C18H29ClN2O2. The van der Waals surface area contributed by atoms with Gasteiger partial charge in [0.1, 0.15) is 5.75 Å². The second-order valence-electron chi connectivity index (χ2n) is 6.62. The van der Waals surface area contributed by atoms with E-state index in [1.54, 1.807) is 0 Å². The molecule has 5 heteroatoms. The van der Waals surface area contributed by atoms with E-state index in [1.165, 1.54) is 0 Å². The molecule has 0 spiro atoms. The lowest BCUT2D eigenvalue weighted by Crippen LogP contribution is -2.40. The van der Waals surface area contributed by atoms with Gasteiger partial charge in [-0.15, -0.1) is 12.4 Å². The van der Waals surface area contributed by atoms with Crippen LogP contribution in [0.25, 0.3) is 0 Å². The molecule has 1 aliphatic rings. The van der Waals surface area contributed by atoms with Gasteiger partial charge in [-0.2, -0.15) is 0 Å². The molecule has 1 fully saturated rings. The Morgan fingerprint density at radius 1 is 1.43 bits per heavy atom. The highest BCUT2D eigenvalue weighted by molar-refractivity contribution is 5.92. The van der Waals surface area contributed by atoms with E-state index >= 15 is 0 Å². The molecule has 2 atom stereocenters. The van der Waals surface area contributed by atoms with Crippen molar-refractivity contribution < 1.29 is 9.53 Å². The minimum atomic E-state index is 0. The standard InChI is InChI=1S/C18H28N2O2.ClH/c1-13(2)8-10-22-17-6-4-5-16(12-17)20-18(21)15-7-9-19-14(3)11-15;/h4-6,12-15,19H,7-11H2,1-3H3,(H,20,21);1H/t14-,15-;/m0./s1. The molecule has 1 amide bonds. The topological polar surface area (TPSA) is 50.4 Å². The Bertz CT molecular complexity index is 494. The molecule has 1 saturated heterocycles. The molecular weight excluding hydrogens is 312 g/mol. The largest absolute Gasteiger partial charge is 0.494 e. The van der Waals surface area contributed by atoms with E-state index in [1.807, 2.05) is 24.3 Å². The number of piperidine rings is 1. The van der Waals surface area contributed by atoms with Crippen molar-refractivity contribution in [2.75, 3.05) is 18.5 Å². The van der Waals surface area contributed by atoms with E-state index in [2.05, 4.69) is 31.4 Å². The molecule has 0 aliphatic carbocycles. The van der Waals surface area contributed by atoms with E-state index in [0.29, 0.717) is 18.6 Å². The highest BCUT2D eigenvalue weighted by Gasteiger charge is 2.24. The molecule has 2 rings (SSSR count). The van der Waals surface area contributed by atoms with Crippen molar-refractivity contribution >= 4 is 24.0 Å². The van der Waals surface area contributed by atoms with Gasteiger partial charge in [0.25, 0.3) is 0 Å². The maximum atomic E-state index is 12.3. The van der Waals surface area contributed by atoms with Gasteiger partial charge < -0.3 is 15.4 Å². The molecule has 0 radical (unpaired) electrons.